The number of piperidine rings is 1. The van der Waals surface area contributed by atoms with Gasteiger partial charge in [0.2, 0.25) is 0 Å². The van der Waals surface area contributed by atoms with Crippen LogP contribution in [0.15, 0.2) is 0 Å². The maximum Gasteiger partial charge on any atom is 0.0105 e. The first-order chi connectivity index (χ1) is 6.66. The van der Waals surface area contributed by atoms with Crippen molar-refractivity contribution in [3.63, 3.8) is 0 Å². The van der Waals surface area contributed by atoms with E-state index in [1.807, 2.05) is 0 Å². The number of fused-ring (bicyclic) bond motifs is 5. The van der Waals surface area contributed by atoms with Gasteiger partial charge in [0, 0.05) is 25.2 Å². The predicted molar refractivity (Wildman–Crippen MR) is 60.5 cm³/mol. The van der Waals surface area contributed by atoms with Crippen LogP contribution in [0.3, 0.4) is 0 Å². The molecular formula is C12H24N2. The van der Waals surface area contributed by atoms with E-state index in [4.69, 9.17) is 0 Å². The van der Waals surface area contributed by atoms with Gasteiger partial charge in [-0.2, -0.15) is 0 Å². The molecule has 2 unspecified atom stereocenters. The zero-order valence-corrected chi connectivity index (χ0v) is 9.87. The van der Waals surface area contributed by atoms with Crippen molar-refractivity contribution >= 4 is 0 Å². The minimum absolute atomic E-state index is 0.736. The molecule has 2 atom stereocenters. The predicted octanol–water partition coefficient (Wildman–Crippen LogP) is 1.81. The molecule has 0 spiro atoms. The third-order valence-corrected chi connectivity index (χ3v) is 4.05. The Kier molecular flexibility index (Phi) is 3.13. The van der Waals surface area contributed by atoms with E-state index in [-0.39, 0.29) is 0 Å². The van der Waals surface area contributed by atoms with E-state index in [2.05, 4.69) is 30.7 Å². The lowest BCUT2D eigenvalue weighted by Crippen LogP contribution is -2.50. The standard InChI is InChI=1S/C12H24N2/c1-10(2)14-7-6-12-5-4-11(9-14)8-13(12)3/h10-12H,4-9H2,1-3H3. The summed E-state index contributed by atoms with van der Waals surface area (Å²) in [6.07, 6.45) is 4.27. The monoisotopic (exact) mass is 196 g/mol. The topological polar surface area (TPSA) is 6.48 Å². The molecule has 3 aliphatic rings. The maximum atomic E-state index is 2.67. The Hall–Kier alpha value is -0.0800. The van der Waals surface area contributed by atoms with Crippen LogP contribution in [-0.4, -0.2) is 48.6 Å². The molecule has 0 N–H and O–H groups in total. The largest absolute Gasteiger partial charge is 0.303 e. The van der Waals surface area contributed by atoms with E-state index < -0.39 is 0 Å². The lowest BCUT2D eigenvalue weighted by atomic mass is 9.88. The smallest absolute Gasteiger partial charge is 0.0105 e. The summed E-state index contributed by atoms with van der Waals surface area (Å²) in [5.74, 6) is 0.930. The molecule has 0 aromatic rings. The zero-order chi connectivity index (χ0) is 10.1. The normalized spacial score (nSPS) is 36.0. The Bertz CT molecular complexity index is 191. The molecule has 0 aromatic heterocycles. The summed E-state index contributed by atoms with van der Waals surface area (Å²) in [4.78, 5) is 5.26. The average Bonchev–Trinajstić information content (AvgIpc) is 2.07. The van der Waals surface area contributed by atoms with Gasteiger partial charge in [0.1, 0.15) is 0 Å². The van der Waals surface area contributed by atoms with Gasteiger partial charge in [0.15, 0.2) is 0 Å². The lowest BCUT2D eigenvalue weighted by Gasteiger charge is -2.44. The van der Waals surface area contributed by atoms with Crippen molar-refractivity contribution in [3.8, 4) is 0 Å². The van der Waals surface area contributed by atoms with E-state index >= 15 is 0 Å². The first kappa shape index (κ1) is 10.4. The summed E-state index contributed by atoms with van der Waals surface area (Å²) in [6.45, 7) is 8.63. The van der Waals surface area contributed by atoms with Gasteiger partial charge in [0.25, 0.3) is 0 Å². The van der Waals surface area contributed by atoms with Crippen LogP contribution in [0.25, 0.3) is 0 Å². The summed E-state index contributed by atoms with van der Waals surface area (Å²) in [6, 6.07) is 1.60. The molecule has 3 heterocycles. The Morgan fingerprint density at radius 2 is 1.86 bits per heavy atom. The van der Waals surface area contributed by atoms with Crippen LogP contribution in [0.2, 0.25) is 0 Å². The van der Waals surface area contributed by atoms with Crippen molar-refractivity contribution in [3.05, 3.63) is 0 Å². The molecule has 0 aromatic carbocycles. The SMILES string of the molecule is CC(C)N1CCC2CCC(CN2C)C1. The van der Waals surface area contributed by atoms with Gasteiger partial charge in [0.05, 0.1) is 0 Å². The van der Waals surface area contributed by atoms with Crippen LogP contribution in [0.1, 0.15) is 33.1 Å². The van der Waals surface area contributed by atoms with Crippen molar-refractivity contribution in [2.45, 2.75) is 45.2 Å². The highest BCUT2D eigenvalue weighted by atomic mass is 15.2. The molecule has 3 saturated heterocycles. The van der Waals surface area contributed by atoms with Crippen LogP contribution in [0, 0.1) is 5.92 Å². The van der Waals surface area contributed by atoms with Crippen LogP contribution >= 0.6 is 0 Å². The Labute approximate surface area is 88.3 Å². The maximum absolute atomic E-state index is 2.67. The van der Waals surface area contributed by atoms with Gasteiger partial charge in [-0.1, -0.05) is 0 Å². The highest BCUT2D eigenvalue weighted by Crippen LogP contribution is 2.27. The lowest BCUT2D eigenvalue weighted by molar-refractivity contribution is 0.0522. The average molecular weight is 196 g/mol. The Morgan fingerprint density at radius 3 is 2.50 bits per heavy atom. The van der Waals surface area contributed by atoms with E-state index in [1.54, 1.807) is 0 Å². The van der Waals surface area contributed by atoms with Crippen molar-refractivity contribution in [1.29, 1.82) is 0 Å². The van der Waals surface area contributed by atoms with Crippen LogP contribution in [0.4, 0.5) is 0 Å². The fourth-order valence-electron chi connectivity index (χ4n) is 3.02. The van der Waals surface area contributed by atoms with Crippen LogP contribution in [-0.2, 0) is 0 Å². The second kappa shape index (κ2) is 4.19. The number of rotatable bonds is 1. The first-order valence-electron chi connectivity index (χ1n) is 6.11. The molecule has 3 rings (SSSR count). The molecule has 0 aliphatic carbocycles. The number of hydrogen-bond donors (Lipinski definition) is 0. The molecular weight excluding hydrogens is 172 g/mol. The van der Waals surface area contributed by atoms with Gasteiger partial charge >= 0.3 is 0 Å². The van der Waals surface area contributed by atoms with Gasteiger partial charge in [-0.15, -0.1) is 0 Å². The highest BCUT2D eigenvalue weighted by molar-refractivity contribution is 4.85. The zero-order valence-electron chi connectivity index (χ0n) is 9.87. The molecule has 0 radical (unpaired) electrons. The van der Waals surface area contributed by atoms with E-state index in [9.17, 15) is 0 Å². The van der Waals surface area contributed by atoms with E-state index in [0.717, 1.165) is 18.0 Å². The van der Waals surface area contributed by atoms with Gasteiger partial charge in [-0.05, 0) is 52.6 Å². The van der Waals surface area contributed by atoms with Crippen molar-refractivity contribution in [2.24, 2.45) is 5.92 Å². The second-order valence-electron chi connectivity index (χ2n) is 5.41. The summed E-state index contributed by atoms with van der Waals surface area (Å²) in [7, 11) is 2.31. The van der Waals surface area contributed by atoms with Crippen molar-refractivity contribution in [2.75, 3.05) is 26.7 Å². The molecule has 0 saturated carbocycles. The third-order valence-electron chi connectivity index (χ3n) is 4.05. The van der Waals surface area contributed by atoms with Gasteiger partial charge in [-0.3, -0.25) is 0 Å². The second-order valence-corrected chi connectivity index (χ2v) is 5.41. The first-order valence-corrected chi connectivity index (χ1v) is 6.11. The summed E-state index contributed by atoms with van der Waals surface area (Å²) < 4.78 is 0. The molecule has 2 nitrogen and oxygen atoms in total. The highest BCUT2D eigenvalue weighted by Gasteiger charge is 2.30. The minimum atomic E-state index is 0.736. The summed E-state index contributed by atoms with van der Waals surface area (Å²) >= 11 is 0. The minimum Gasteiger partial charge on any atom is -0.303 e. The number of hydrogen-bond acceptors (Lipinski definition) is 2. The molecule has 0 amide bonds. The Balaban J connectivity index is 2.00. The fourth-order valence-corrected chi connectivity index (χ4v) is 3.02. The summed E-state index contributed by atoms with van der Waals surface area (Å²) in [5, 5.41) is 0. The van der Waals surface area contributed by atoms with Crippen LogP contribution < -0.4 is 0 Å². The molecule has 82 valence electrons. The molecule has 3 fully saturated rings. The third kappa shape index (κ3) is 2.12. The van der Waals surface area contributed by atoms with E-state index in [1.165, 1.54) is 38.9 Å². The molecule has 2 bridgehead atoms. The fraction of sp³-hybridized carbons (Fsp3) is 1.00. The summed E-state index contributed by atoms with van der Waals surface area (Å²) in [5.41, 5.74) is 0. The van der Waals surface area contributed by atoms with Crippen molar-refractivity contribution in [1.82, 2.24) is 9.80 Å². The molecule has 14 heavy (non-hydrogen) atoms. The van der Waals surface area contributed by atoms with E-state index in [0.29, 0.717) is 0 Å². The number of nitrogens with zero attached hydrogens (tertiary/aromatic N) is 2. The van der Waals surface area contributed by atoms with Crippen LogP contribution in [0.5, 0.6) is 0 Å². The Morgan fingerprint density at radius 1 is 1.07 bits per heavy atom. The molecule has 2 heteroatoms. The quantitative estimate of drug-likeness (QED) is 0.631. The van der Waals surface area contributed by atoms with Gasteiger partial charge < -0.3 is 9.80 Å². The van der Waals surface area contributed by atoms with Gasteiger partial charge in [-0.25, -0.2) is 0 Å². The van der Waals surface area contributed by atoms with Crippen molar-refractivity contribution < 1.29 is 0 Å². The molecule has 3 aliphatic heterocycles.